The number of anilines is 2. The minimum atomic E-state index is -0.0896. The molecule has 0 saturated carbocycles. The van der Waals surface area contributed by atoms with Gasteiger partial charge >= 0.3 is 0 Å². The molecule has 2 rings (SSSR count). The lowest BCUT2D eigenvalue weighted by molar-refractivity contribution is -0.114. The van der Waals surface area contributed by atoms with E-state index < -0.39 is 0 Å². The van der Waals surface area contributed by atoms with E-state index in [4.69, 9.17) is 11.6 Å². The van der Waals surface area contributed by atoms with Crippen LogP contribution in [0.1, 0.15) is 11.1 Å². The molecule has 0 aliphatic heterocycles. The van der Waals surface area contributed by atoms with Crippen molar-refractivity contribution >= 4 is 28.9 Å². The Morgan fingerprint density at radius 1 is 1.10 bits per heavy atom. The fraction of sp³-hybridized carbons (Fsp3) is 0.188. The van der Waals surface area contributed by atoms with E-state index in [1.807, 2.05) is 56.3 Å². The molecule has 0 bridgehead atoms. The van der Waals surface area contributed by atoms with Crippen LogP contribution in [-0.2, 0) is 4.79 Å². The molecule has 4 heteroatoms. The summed E-state index contributed by atoms with van der Waals surface area (Å²) in [4.78, 5) is 11.9. The van der Waals surface area contributed by atoms with Crippen LogP contribution in [0.3, 0.4) is 0 Å². The number of carbonyl (C=O) groups is 1. The number of carbonyl (C=O) groups excluding carboxylic acids is 1. The van der Waals surface area contributed by atoms with E-state index in [9.17, 15) is 4.79 Å². The van der Waals surface area contributed by atoms with Gasteiger partial charge in [0, 0.05) is 16.4 Å². The average Bonchev–Trinajstić information content (AvgIpc) is 2.43. The normalized spacial score (nSPS) is 10.2. The summed E-state index contributed by atoms with van der Waals surface area (Å²) in [6, 6.07) is 13.3. The zero-order valence-corrected chi connectivity index (χ0v) is 12.3. The zero-order valence-electron chi connectivity index (χ0n) is 11.5. The highest BCUT2D eigenvalue weighted by molar-refractivity contribution is 6.31. The molecule has 20 heavy (non-hydrogen) atoms. The summed E-state index contributed by atoms with van der Waals surface area (Å²) in [5, 5.41) is 6.62. The fourth-order valence-electron chi connectivity index (χ4n) is 1.82. The Bertz CT molecular complexity index is 608. The van der Waals surface area contributed by atoms with Crippen molar-refractivity contribution in [1.29, 1.82) is 0 Å². The Kier molecular flexibility index (Phi) is 4.64. The molecule has 2 aromatic rings. The smallest absolute Gasteiger partial charge is 0.243 e. The van der Waals surface area contributed by atoms with Crippen molar-refractivity contribution in [2.24, 2.45) is 0 Å². The molecule has 0 heterocycles. The Morgan fingerprint density at radius 3 is 2.50 bits per heavy atom. The van der Waals surface area contributed by atoms with Crippen LogP contribution in [0.15, 0.2) is 42.5 Å². The SMILES string of the molecule is Cc1ccc(NC(=O)CNc2cccc(Cl)c2C)cc1. The number of hydrogen-bond acceptors (Lipinski definition) is 2. The maximum absolute atomic E-state index is 11.9. The lowest BCUT2D eigenvalue weighted by Gasteiger charge is -2.11. The highest BCUT2D eigenvalue weighted by Crippen LogP contribution is 2.22. The number of aryl methyl sites for hydroxylation is 1. The molecule has 1 amide bonds. The first-order valence-electron chi connectivity index (χ1n) is 6.42. The second-order valence-electron chi connectivity index (χ2n) is 4.68. The summed E-state index contributed by atoms with van der Waals surface area (Å²) >= 11 is 6.03. The molecule has 0 radical (unpaired) electrons. The lowest BCUT2D eigenvalue weighted by atomic mass is 10.2. The van der Waals surface area contributed by atoms with Crippen molar-refractivity contribution < 1.29 is 4.79 Å². The molecule has 0 atom stereocenters. The number of rotatable bonds is 4. The standard InChI is InChI=1S/C16H17ClN2O/c1-11-6-8-13(9-7-11)19-16(20)10-18-15-5-3-4-14(17)12(15)2/h3-9,18H,10H2,1-2H3,(H,19,20). The summed E-state index contributed by atoms with van der Waals surface area (Å²) in [5.74, 6) is -0.0896. The summed E-state index contributed by atoms with van der Waals surface area (Å²) < 4.78 is 0. The maximum atomic E-state index is 11.9. The van der Waals surface area contributed by atoms with Crippen molar-refractivity contribution in [3.05, 3.63) is 58.6 Å². The van der Waals surface area contributed by atoms with Gasteiger partial charge in [-0.05, 0) is 43.7 Å². The van der Waals surface area contributed by atoms with Crippen LogP contribution in [0.25, 0.3) is 0 Å². The van der Waals surface area contributed by atoms with Crippen LogP contribution < -0.4 is 10.6 Å². The predicted molar refractivity (Wildman–Crippen MR) is 84.5 cm³/mol. The van der Waals surface area contributed by atoms with Gasteiger partial charge in [0.05, 0.1) is 6.54 Å². The van der Waals surface area contributed by atoms with E-state index in [0.29, 0.717) is 5.02 Å². The third-order valence-electron chi connectivity index (χ3n) is 3.04. The van der Waals surface area contributed by atoms with Gasteiger partial charge in [0.15, 0.2) is 0 Å². The zero-order chi connectivity index (χ0) is 14.5. The van der Waals surface area contributed by atoms with E-state index in [-0.39, 0.29) is 12.5 Å². The molecular formula is C16H17ClN2O. The van der Waals surface area contributed by atoms with E-state index in [2.05, 4.69) is 10.6 Å². The van der Waals surface area contributed by atoms with Gasteiger partial charge in [-0.1, -0.05) is 35.4 Å². The van der Waals surface area contributed by atoms with Gasteiger partial charge in [-0.3, -0.25) is 4.79 Å². The molecule has 0 aliphatic carbocycles. The van der Waals surface area contributed by atoms with Gasteiger partial charge in [0.25, 0.3) is 0 Å². The van der Waals surface area contributed by atoms with Crippen LogP contribution in [0.5, 0.6) is 0 Å². The summed E-state index contributed by atoms with van der Waals surface area (Å²) in [7, 11) is 0. The second-order valence-corrected chi connectivity index (χ2v) is 5.09. The molecule has 2 aromatic carbocycles. The van der Waals surface area contributed by atoms with Crippen LogP contribution >= 0.6 is 11.6 Å². The summed E-state index contributed by atoms with van der Waals surface area (Å²) in [6.07, 6.45) is 0. The van der Waals surface area contributed by atoms with E-state index in [0.717, 1.165) is 22.5 Å². The van der Waals surface area contributed by atoms with E-state index in [1.54, 1.807) is 0 Å². The third kappa shape index (κ3) is 3.75. The number of amides is 1. The third-order valence-corrected chi connectivity index (χ3v) is 3.45. The molecule has 2 N–H and O–H groups in total. The van der Waals surface area contributed by atoms with Gasteiger partial charge in [0.1, 0.15) is 0 Å². The van der Waals surface area contributed by atoms with Gasteiger partial charge in [-0.15, -0.1) is 0 Å². The largest absolute Gasteiger partial charge is 0.376 e. The Labute approximate surface area is 124 Å². The average molecular weight is 289 g/mol. The van der Waals surface area contributed by atoms with Gasteiger partial charge in [-0.25, -0.2) is 0 Å². The number of nitrogens with one attached hydrogen (secondary N) is 2. The minimum absolute atomic E-state index is 0.0896. The fourth-order valence-corrected chi connectivity index (χ4v) is 1.99. The van der Waals surface area contributed by atoms with Gasteiger partial charge in [0.2, 0.25) is 5.91 Å². The monoisotopic (exact) mass is 288 g/mol. The molecule has 0 saturated heterocycles. The van der Waals surface area contributed by atoms with Crippen molar-refractivity contribution in [2.45, 2.75) is 13.8 Å². The predicted octanol–water partition coefficient (Wildman–Crippen LogP) is 4.01. The molecule has 0 unspecified atom stereocenters. The number of halogens is 1. The first-order valence-corrected chi connectivity index (χ1v) is 6.79. The van der Waals surface area contributed by atoms with Crippen molar-refractivity contribution in [2.75, 3.05) is 17.2 Å². The Hall–Kier alpha value is -2.00. The highest BCUT2D eigenvalue weighted by atomic mass is 35.5. The molecule has 0 fully saturated rings. The lowest BCUT2D eigenvalue weighted by Crippen LogP contribution is -2.22. The van der Waals surface area contributed by atoms with Crippen LogP contribution in [0.2, 0.25) is 5.02 Å². The minimum Gasteiger partial charge on any atom is -0.376 e. The summed E-state index contributed by atoms with van der Waals surface area (Å²) in [6.45, 7) is 4.13. The molecule has 3 nitrogen and oxygen atoms in total. The van der Waals surface area contributed by atoms with E-state index in [1.165, 1.54) is 0 Å². The maximum Gasteiger partial charge on any atom is 0.243 e. The van der Waals surface area contributed by atoms with Crippen molar-refractivity contribution in [3.63, 3.8) is 0 Å². The van der Waals surface area contributed by atoms with Crippen molar-refractivity contribution in [1.82, 2.24) is 0 Å². The topological polar surface area (TPSA) is 41.1 Å². The molecule has 0 spiro atoms. The molecule has 0 aliphatic rings. The first-order chi connectivity index (χ1) is 9.56. The van der Waals surface area contributed by atoms with Crippen LogP contribution in [0.4, 0.5) is 11.4 Å². The van der Waals surface area contributed by atoms with Crippen molar-refractivity contribution in [3.8, 4) is 0 Å². The summed E-state index contributed by atoms with van der Waals surface area (Å²) in [5.41, 5.74) is 3.77. The second kappa shape index (κ2) is 6.44. The van der Waals surface area contributed by atoms with Gasteiger partial charge < -0.3 is 10.6 Å². The molecule has 0 aromatic heterocycles. The molecular weight excluding hydrogens is 272 g/mol. The number of benzene rings is 2. The van der Waals surface area contributed by atoms with Gasteiger partial charge in [-0.2, -0.15) is 0 Å². The van der Waals surface area contributed by atoms with E-state index >= 15 is 0 Å². The highest BCUT2D eigenvalue weighted by Gasteiger charge is 2.05. The Morgan fingerprint density at radius 2 is 1.80 bits per heavy atom. The number of hydrogen-bond donors (Lipinski definition) is 2. The molecule has 104 valence electrons. The quantitative estimate of drug-likeness (QED) is 0.892. The Balaban J connectivity index is 1.92. The first kappa shape index (κ1) is 14.4. The van der Waals surface area contributed by atoms with Crippen LogP contribution in [-0.4, -0.2) is 12.5 Å². The van der Waals surface area contributed by atoms with Crippen LogP contribution in [0, 0.1) is 13.8 Å².